The van der Waals surface area contributed by atoms with Gasteiger partial charge in [0.05, 0.1) is 6.61 Å². The van der Waals surface area contributed by atoms with Crippen molar-refractivity contribution in [3.8, 4) is 0 Å². The van der Waals surface area contributed by atoms with Crippen LogP contribution in [-0.4, -0.2) is 40.0 Å². The van der Waals surface area contributed by atoms with Gasteiger partial charge in [-0.2, -0.15) is 0 Å². The van der Waals surface area contributed by atoms with Gasteiger partial charge in [0.15, 0.2) is 0 Å². The fourth-order valence-electron chi connectivity index (χ4n) is 1.26. The van der Waals surface area contributed by atoms with Gasteiger partial charge in [-0.25, -0.2) is 0 Å². The van der Waals surface area contributed by atoms with E-state index in [4.69, 9.17) is 9.47 Å². The van der Waals surface area contributed by atoms with Crippen molar-refractivity contribution in [3.63, 3.8) is 0 Å². The van der Waals surface area contributed by atoms with E-state index in [0.717, 1.165) is 26.2 Å². The van der Waals surface area contributed by atoms with Gasteiger partial charge < -0.3 is 14.8 Å². The molecule has 0 spiro atoms. The Morgan fingerprint density at radius 1 is 1.08 bits per heavy atom. The van der Waals surface area contributed by atoms with Crippen LogP contribution in [0.2, 0.25) is 0 Å². The lowest BCUT2D eigenvalue weighted by Crippen LogP contribution is -2.36. The van der Waals surface area contributed by atoms with Crippen molar-refractivity contribution in [2.24, 2.45) is 5.92 Å². The molecule has 0 amide bonds. The molecule has 0 rings (SSSR count). The van der Waals surface area contributed by atoms with Crippen LogP contribution in [0.15, 0.2) is 0 Å². The first-order valence-corrected chi connectivity index (χ1v) is 4.93. The summed E-state index contributed by atoms with van der Waals surface area (Å²) >= 11 is 0. The molecule has 0 saturated heterocycles. The zero-order valence-electron chi connectivity index (χ0n) is 9.30. The Bertz CT molecular complexity index is 107. The second kappa shape index (κ2) is 8.48. The molecule has 3 nitrogen and oxygen atoms in total. The normalized spacial score (nSPS) is 13.6. The summed E-state index contributed by atoms with van der Waals surface area (Å²) in [5.41, 5.74) is 0. The van der Waals surface area contributed by atoms with E-state index >= 15 is 0 Å². The predicted octanol–water partition coefficient (Wildman–Crippen LogP) is 1.28. The number of nitrogens with one attached hydrogen (secondary N) is 1. The first kappa shape index (κ1) is 12.9. The molecule has 0 aliphatic heterocycles. The molecule has 0 aromatic heterocycles. The number of rotatable bonds is 8. The van der Waals surface area contributed by atoms with Gasteiger partial charge in [0.1, 0.15) is 0 Å². The predicted molar refractivity (Wildman–Crippen MR) is 55.0 cm³/mol. The minimum Gasteiger partial charge on any atom is -0.385 e. The molecule has 1 unspecified atom stereocenters. The van der Waals surface area contributed by atoms with Crippen LogP contribution in [0.25, 0.3) is 0 Å². The smallest absolute Gasteiger partial charge is 0.0587 e. The van der Waals surface area contributed by atoms with E-state index in [1.54, 1.807) is 14.2 Å². The Balaban J connectivity index is 3.54. The van der Waals surface area contributed by atoms with Crippen LogP contribution < -0.4 is 5.32 Å². The summed E-state index contributed by atoms with van der Waals surface area (Å²) in [5, 5.41) is 3.45. The molecule has 0 fully saturated rings. The molecular weight excluding hydrogens is 166 g/mol. The summed E-state index contributed by atoms with van der Waals surface area (Å²) < 4.78 is 10.0. The van der Waals surface area contributed by atoms with Crippen LogP contribution in [0.5, 0.6) is 0 Å². The van der Waals surface area contributed by atoms with Gasteiger partial charge in [0.2, 0.25) is 0 Å². The molecule has 0 aliphatic rings. The summed E-state index contributed by atoms with van der Waals surface area (Å²) in [5.74, 6) is 0.645. The van der Waals surface area contributed by atoms with Crippen LogP contribution in [0, 0.1) is 5.92 Å². The van der Waals surface area contributed by atoms with Crippen LogP contribution in [0.1, 0.15) is 20.3 Å². The fourth-order valence-corrected chi connectivity index (χ4v) is 1.26. The highest BCUT2D eigenvalue weighted by atomic mass is 16.5. The quantitative estimate of drug-likeness (QED) is 0.584. The van der Waals surface area contributed by atoms with E-state index in [1.165, 1.54) is 0 Å². The van der Waals surface area contributed by atoms with Crippen molar-refractivity contribution in [1.82, 2.24) is 5.32 Å². The summed E-state index contributed by atoms with van der Waals surface area (Å²) in [6, 6.07) is 0.537. The van der Waals surface area contributed by atoms with Crippen molar-refractivity contribution in [3.05, 3.63) is 0 Å². The molecule has 0 saturated carbocycles. The van der Waals surface area contributed by atoms with Gasteiger partial charge in [-0.15, -0.1) is 0 Å². The van der Waals surface area contributed by atoms with Gasteiger partial charge in [-0.1, -0.05) is 13.8 Å². The Morgan fingerprint density at radius 3 is 2.15 bits per heavy atom. The lowest BCUT2D eigenvalue weighted by Gasteiger charge is -2.21. The number of hydrogen-bond donors (Lipinski definition) is 1. The monoisotopic (exact) mass is 189 g/mol. The zero-order valence-corrected chi connectivity index (χ0v) is 9.30. The van der Waals surface area contributed by atoms with Gasteiger partial charge in [0, 0.05) is 33.4 Å². The molecule has 3 heteroatoms. The third-order valence-electron chi connectivity index (χ3n) is 2.15. The highest BCUT2D eigenvalue weighted by Gasteiger charge is 2.11. The summed E-state index contributed by atoms with van der Waals surface area (Å²) in [6.07, 6.45) is 1.07. The van der Waals surface area contributed by atoms with E-state index in [2.05, 4.69) is 19.2 Å². The second-order valence-corrected chi connectivity index (χ2v) is 3.58. The van der Waals surface area contributed by atoms with Gasteiger partial charge in [-0.05, 0) is 12.3 Å². The Hall–Kier alpha value is -0.120. The average molecular weight is 189 g/mol. The Kier molecular flexibility index (Phi) is 8.40. The SMILES string of the molecule is COCCNC(CCOC)C(C)C. The lowest BCUT2D eigenvalue weighted by atomic mass is 10.0. The highest BCUT2D eigenvalue weighted by Crippen LogP contribution is 2.05. The van der Waals surface area contributed by atoms with Crippen LogP contribution >= 0.6 is 0 Å². The topological polar surface area (TPSA) is 30.5 Å². The fraction of sp³-hybridized carbons (Fsp3) is 1.00. The minimum absolute atomic E-state index is 0.537. The van der Waals surface area contributed by atoms with Crippen LogP contribution in [0.3, 0.4) is 0 Å². The molecule has 0 bridgehead atoms. The van der Waals surface area contributed by atoms with E-state index in [1.807, 2.05) is 0 Å². The van der Waals surface area contributed by atoms with E-state index in [0.29, 0.717) is 12.0 Å². The first-order valence-electron chi connectivity index (χ1n) is 4.93. The molecule has 1 atom stereocenters. The highest BCUT2D eigenvalue weighted by molar-refractivity contribution is 4.69. The summed E-state index contributed by atoms with van der Waals surface area (Å²) in [4.78, 5) is 0. The van der Waals surface area contributed by atoms with Gasteiger partial charge in [0.25, 0.3) is 0 Å². The molecule has 0 aromatic rings. The third kappa shape index (κ3) is 6.99. The maximum Gasteiger partial charge on any atom is 0.0587 e. The molecule has 13 heavy (non-hydrogen) atoms. The second-order valence-electron chi connectivity index (χ2n) is 3.58. The maximum absolute atomic E-state index is 5.06. The molecule has 0 radical (unpaired) electrons. The van der Waals surface area contributed by atoms with Crippen molar-refractivity contribution in [2.75, 3.05) is 34.0 Å². The summed E-state index contributed by atoms with van der Waals surface area (Å²) in [7, 11) is 3.47. The van der Waals surface area contributed by atoms with Crippen LogP contribution in [-0.2, 0) is 9.47 Å². The molecular formula is C10H23NO2. The molecule has 1 N–H and O–H groups in total. The number of hydrogen-bond acceptors (Lipinski definition) is 3. The maximum atomic E-state index is 5.06. The van der Waals surface area contributed by atoms with E-state index in [9.17, 15) is 0 Å². The third-order valence-corrected chi connectivity index (χ3v) is 2.15. The minimum atomic E-state index is 0.537. The standard InChI is InChI=1S/C10H23NO2/c1-9(2)10(5-7-12-3)11-6-8-13-4/h9-11H,5-8H2,1-4H3. The molecule has 0 aliphatic carbocycles. The lowest BCUT2D eigenvalue weighted by molar-refractivity contribution is 0.162. The van der Waals surface area contributed by atoms with E-state index in [-0.39, 0.29) is 0 Å². The Labute approximate surface area is 81.8 Å². The van der Waals surface area contributed by atoms with Crippen molar-refractivity contribution >= 4 is 0 Å². The summed E-state index contributed by atoms with van der Waals surface area (Å²) in [6.45, 7) is 6.96. The Morgan fingerprint density at radius 2 is 1.69 bits per heavy atom. The van der Waals surface area contributed by atoms with Crippen molar-refractivity contribution in [1.29, 1.82) is 0 Å². The van der Waals surface area contributed by atoms with E-state index < -0.39 is 0 Å². The van der Waals surface area contributed by atoms with Crippen molar-refractivity contribution < 1.29 is 9.47 Å². The van der Waals surface area contributed by atoms with Crippen molar-refractivity contribution in [2.45, 2.75) is 26.3 Å². The zero-order chi connectivity index (χ0) is 10.1. The largest absolute Gasteiger partial charge is 0.385 e. The van der Waals surface area contributed by atoms with Gasteiger partial charge >= 0.3 is 0 Å². The first-order chi connectivity index (χ1) is 6.22. The van der Waals surface area contributed by atoms with Gasteiger partial charge in [-0.3, -0.25) is 0 Å². The molecule has 0 aromatic carbocycles. The number of methoxy groups -OCH3 is 2. The number of ether oxygens (including phenoxy) is 2. The van der Waals surface area contributed by atoms with Crippen LogP contribution in [0.4, 0.5) is 0 Å². The molecule has 80 valence electrons. The average Bonchev–Trinajstić information content (AvgIpc) is 2.10. The molecule has 0 heterocycles.